The Kier molecular flexibility index (Phi) is 4.45. The first kappa shape index (κ1) is 13.9. The predicted octanol–water partition coefficient (Wildman–Crippen LogP) is 0.858. The molecule has 0 heterocycles. The quantitative estimate of drug-likeness (QED) is 0.567. The van der Waals surface area contributed by atoms with Crippen molar-refractivity contribution in [2.75, 3.05) is 0 Å². The van der Waals surface area contributed by atoms with Crippen molar-refractivity contribution in [3.8, 4) is 0 Å². The van der Waals surface area contributed by atoms with Crippen LogP contribution in [-0.4, -0.2) is 23.1 Å². The summed E-state index contributed by atoms with van der Waals surface area (Å²) in [4.78, 5) is 22.7. The van der Waals surface area contributed by atoms with Gasteiger partial charge in [-0.05, 0) is 37.9 Å². The van der Waals surface area contributed by atoms with Gasteiger partial charge in [0.2, 0.25) is 5.91 Å². The minimum Gasteiger partial charge on any atom is -0.463 e. The Morgan fingerprint density at radius 3 is 2.35 bits per heavy atom. The second-order valence-corrected chi connectivity index (χ2v) is 5.13. The van der Waals surface area contributed by atoms with Crippen molar-refractivity contribution in [2.24, 2.45) is 11.1 Å². The fourth-order valence-electron chi connectivity index (χ4n) is 2.07. The zero-order valence-electron chi connectivity index (χ0n) is 10.1. The van der Waals surface area contributed by atoms with Crippen molar-refractivity contribution in [3.63, 3.8) is 0 Å². The lowest BCUT2D eigenvalue weighted by Gasteiger charge is -2.35. The molecule has 96 valence electrons. The van der Waals surface area contributed by atoms with E-state index < -0.39 is 5.41 Å². The van der Waals surface area contributed by atoms with E-state index in [9.17, 15) is 9.59 Å². The van der Waals surface area contributed by atoms with Gasteiger partial charge < -0.3 is 15.8 Å². The Labute approximate surface area is 106 Å². The SMILES string of the molecule is CC(=O)OC1CCC(C)(C(=O)NC(N)=S)CC1. The number of thiocarbonyl (C=S) groups is 1. The Balaban J connectivity index is 2.51. The Hall–Kier alpha value is -1.17. The molecule has 1 fully saturated rings. The van der Waals surface area contributed by atoms with Crippen molar-refractivity contribution in [3.05, 3.63) is 0 Å². The van der Waals surface area contributed by atoms with Gasteiger partial charge in [0.05, 0.1) is 0 Å². The molecule has 1 saturated carbocycles. The zero-order chi connectivity index (χ0) is 13.1. The molecule has 0 aromatic rings. The summed E-state index contributed by atoms with van der Waals surface area (Å²) in [6.45, 7) is 3.28. The molecular formula is C11H18N2O3S. The molecule has 0 unspecified atom stereocenters. The van der Waals surface area contributed by atoms with E-state index >= 15 is 0 Å². The van der Waals surface area contributed by atoms with Crippen LogP contribution < -0.4 is 11.1 Å². The van der Waals surface area contributed by atoms with E-state index in [1.165, 1.54) is 6.92 Å². The van der Waals surface area contributed by atoms with E-state index in [4.69, 9.17) is 10.5 Å². The minimum absolute atomic E-state index is 0.00154. The number of carbonyl (C=O) groups is 2. The molecule has 0 spiro atoms. The lowest BCUT2D eigenvalue weighted by Crippen LogP contribution is -2.46. The Morgan fingerprint density at radius 1 is 1.41 bits per heavy atom. The van der Waals surface area contributed by atoms with Gasteiger partial charge in [-0.2, -0.15) is 0 Å². The number of carbonyl (C=O) groups excluding carboxylic acids is 2. The molecule has 1 aliphatic rings. The molecule has 0 saturated heterocycles. The van der Waals surface area contributed by atoms with Crippen LogP contribution in [0.3, 0.4) is 0 Å². The number of nitrogens with one attached hydrogen (secondary N) is 1. The van der Waals surface area contributed by atoms with E-state index in [0.717, 1.165) is 0 Å². The van der Waals surface area contributed by atoms with Crippen molar-refractivity contribution < 1.29 is 14.3 Å². The van der Waals surface area contributed by atoms with Crippen LogP contribution in [0.4, 0.5) is 0 Å². The average molecular weight is 258 g/mol. The standard InChI is InChI=1S/C11H18N2O3S/c1-7(14)16-8-3-5-11(2,6-4-8)9(15)13-10(12)17/h8H,3-6H2,1-2H3,(H3,12,13,15,17). The molecule has 6 heteroatoms. The second-order valence-electron chi connectivity index (χ2n) is 4.69. The minimum atomic E-state index is -0.472. The first-order chi connectivity index (χ1) is 7.83. The Morgan fingerprint density at radius 2 is 1.94 bits per heavy atom. The van der Waals surface area contributed by atoms with Gasteiger partial charge in [0.1, 0.15) is 6.10 Å². The second kappa shape index (κ2) is 5.44. The van der Waals surface area contributed by atoms with Crippen molar-refractivity contribution in [1.82, 2.24) is 5.32 Å². The molecule has 0 radical (unpaired) electrons. The first-order valence-corrected chi connectivity index (χ1v) is 6.02. The van der Waals surface area contributed by atoms with Crippen LogP contribution in [-0.2, 0) is 14.3 Å². The number of rotatable bonds is 2. The lowest BCUT2D eigenvalue weighted by molar-refractivity contribution is -0.149. The molecule has 0 bridgehead atoms. The normalized spacial score (nSPS) is 28.2. The van der Waals surface area contributed by atoms with E-state index in [-0.39, 0.29) is 23.1 Å². The lowest BCUT2D eigenvalue weighted by atomic mass is 9.74. The topological polar surface area (TPSA) is 81.4 Å². The van der Waals surface area contributed by atoms with Gasteiger partial charge in [-0.15, -0.1) is 0 Å². The van der Waals surface area contributed by atoms with Gasteiger partial charge in [0.25, 0.3) is 0 Å². The average Bonchev–Trinajstić information content (AvgIpc) is 2.20. The summed E-state index contributed by atoms with van der Waals surface area (Å²) in [6.07, 6.45) is 2.65. The van der Waals surface area contributed by atoms with Crippen molar-refractivity contribution >= 4 is 29.2 Å². The number of ether oxygens (including phenoxy) is 1. The number of amides is 1. The van der Waals surface area contributed by atoms with Gasteiger partial charge >= 0.3 is 5.97 Å². The maximum absolute atomic E-state index is 11.9. The van der Waals surface area contributed by atoms with Gasteiger partial charge in [0.15, 0.2) is 5.11 Å². The fourth-order valence-corrected chi connectivity index (χ4v) is 2.16. The van der Waals surface area contributed by atoms with Gasteiger partial charge in [-0.3, -0.25) is 9.59 Å². The number of esters is 1. The monoisotopic (exact) mass is 258 g/mol. The van der Waals surface area contributed by atoms with Gasteiger partial charge in [-0.1, -0.05) is 6.92 Å². The number of hydrogen-bond acceptors (Lipinski definition) is 4. The first-order valence-electron chi connectivity index (χ1n) is 5.61. The van der Waals surface area contributed by atoms with Gasteiger partial charge in [-0.25, -0.2) is 0 Å². The maximum Gasteiger partial charge on any atom is 0.302 e. The third kappa shape index (κ3) is 3.96. The fraction of sp³-hybridized carbons (Fsp3) is 0.727. The highest BCUT2D eigenvalue weighted by atomic mass is 32.1. The molecule has 0 aliphatic heterocycles. The molecule has 0 atom stereocenters. The highest BCUT2D eigenvalue weighted by molar-refractivity contribution is 7.80. The number of nitrogens with two attached hydrogens (primary N) is 1. The maximum atomic E-state index is 11.9. The summed E-state index contributed by atoms with van der Waals surface area (Å²) in [5.41, 5.74) is 4.81. The van der Waals surface area contributed by atoms with Crippen LogP contribution in [0.2, 0.25) is 0 Å². The zero-order valence-corrected chi connectivity index (χ0v) is 10.9. The molecule has 0 aromatic heterocycles. The van der Waals surface area contributed by atoms with E-state index in [1.54, 1.807) is 0 Å². The van der Waals surface area contributed by atoms with Crippen LogP contribution in [0, 0.1) is 5.41 Å². The third-order valence-electron chi connectivity index (χ3n) is 3.15. The van der Waals surface area contributed by atoms with Crippen LogP contribution in [0.15, 0.2) is 0 Å². The molecule has 3 N–H and O–H groups in total. The molecule has 5 nitrogen and oxygen atoms in total. The summed E-state index contributed by atoms with van der Waals surface area (Å²) >= 11 is 4.65. The molecule has 1 rings (SSSR count). The van der Waals surface area contributed by atoms with E-state index in [2.05, 4.69) is 17.5 Å². The number of hydrogen-bond donors (Lipinski definition) is 2. The summed E-state index contributed by atoms with van der Waals surface area (Å²) in [7, 11) is 0. The molecule has 1 aliphatic carbocycles. The molecule has 17 heavy (non-hydrogen) atoms. The Bertz CT molecular complexity index is 336. The van der Waals surface area contributed by atoms with Crippen LogP contribution in [0.5, 0.6) is 0 Å². The highest BCUT2D eigenvalue weighted by Gasteiger charge is 2.38. The third-order valence-corrected chi connectivity index (χ3v) is 3.26. The largest absolute Gasteiger partial charge is 0.463 e. The van der Waals surface area contributed by atoms with E-state index in [1.807, 2.05) is 6.92 Å². The van der Waals surface area contributed by atoms with Gasteiger partial charge in [0, 0.05) is 12.3 Å². The van der Waals surface area contributed by atoms with Crippen molar-refractivity contribution in [1.29, 1.82) is 0 Å². The summed E-state index contributed by atoms with van der Waals surface area (Å²) in [5.74, 6) is -0.419. The van der Waals surface area contributed by atoms with Crippen molar-refractivity contribution in [2.45, 2.75) is 45.6 Å². The van der Waals surface area contributed by atoms with E-state index in [0.29, 0.717) is 25.7 Å². The molecule has 1 amide bonds. The molecule has 0 aromatic carbocycles. The molecular weight excluding hydrogens is 240 g/mol. The van der Waals surface area contributed by atoms with Crippen LogP contribution >= 0.6 is 12.2 Å². The highest BCUT2D eigenvalue weighted by Crippen LogP contribution is 2.37. The van der Waals surface area contributed by atoms with Crippen LogP contribution in [0.25, 0.3) is 0 Å². The summed E-state index contributed by atoms with van der Waals surface area (Å²) < 4.78 is 5.12. The summed E-state index contributed by atoms with van der Waals surface area (Å²) in [6, 6.07) is 0. The predicted molar refractivity (Wildman–Crippen MR) is 67.1 cm³/mol. The smallest absolute Gasteiger partial charge is 0.302 e. The van der Waals surface area contributed by atoms with Crippen LogP contribution in [0.1, 0.15) is 39.5 Å². The summed E-state index contributed by atoms with van der Waals surface area (Å²) in [5, 5.41) is 2.47.